The standard InChI is InChI=1S/C18H23N7O2/c1-10(27-2)13(19)9-23-18-22-8-12(16(20)26)17(25-18)24-15-5-3-4-14-11(15)6-7-21-14/h3-8,10,13,21H,9,19H2,1-2H3,(H2,20,26)(H2,22,23,24,25)/t10-,13-/m1/s1. The number of amides is 1. The van der Waals surface area contributed by atoms with Crippen LogP contribution in [-0.2, 0) is 4.74 Å². The third-order valence-electron chi connectivity index (χ3n) is 4.37. The average molecular weight is 369 g/mol. The summed E-state index contributed by atoms with van der Waals surface area (Å²) in [6.07, 6.45) is 3.12. The molecule has 0 fully saturated rings. The second kappa shape index (κ2) is 8.02. The Bertz CT molecular complexity index is 940. The Balaban J connectivity index is 1.86. The van der Waals surface area contributed by atoms with Gasteiger partial charge >= 0.3 is 0 Å². The van der Waals surface area contributed by atoms with Gasteiger partial charge in [0.25, 0.3) is 5.91 Å². The number of anilines is 3. The number of carbonyl (C=O) groups is 1. The SMILES string of the molecule is CO[C@H](C)[C@H](N)CNc1ncc(C(N)=O)c(Nc2cccc3[nH]ccc23)n1. The van der Waals surface area contributed by atoms with Crippen molar-refractivity contribution in [2.45, 2.75) is 19.1 Å². The summed E-state index contributed by atoms with van der Waals surface area (Å²) >= 11 is 0. The maximum absolute atomic E-state index is 11.8. The van der Waals surface area contributed by atoms with Gasteiger partial charge in [0.15, 0.2) is 0 Å². The molecule has 0 aliphatic carbocycles. The van der Waals surface area contributed by atoms with Gasteiger partial charge in [-0.05, 0) is 25.1 Å². The van der Waals surface area contributed by atoms with Crippen LogP contribution in [-0.4, -0.2) is 46.7 Å². The Morgan fingerprint density at radius 2 is 2.19 bits per heavy atom. The number of primary amides is 1. The Labute approximate surface area is 156 Å². The molecule has 9 nitrogen and oxygen atoms in total. The zero-order valence-corrected chi connectivity index (χ0v) is 15.2. The van der Waals surface area contributed by atoms with Crippen molar-refractivity contribution in [1.82, 2.24) is 15.0 Å². The van der Waals surface area contributed by atoms with Crippen molar-refractivity contribution in [1.29, 1.82) is 0 Å². The number of aromatic amines is 1. The molecule has 3 rings (SSSR count). The molecular weight excluding hydrogens is 346 g/mol. The molecule has 3 aromatic rings. The molecule has 0 radical (unpaired) electrons. The van der Waals surface area contributed by atoms with Crippen LogP contribution in [0.1, 0.15) is 17.3 Å². The molecule has 2 atom stereocenters. The summed E-state index contributed by atoms with van der Waals surface area (Å²) in [5.74, 6) is 0.0413. The van der Waals surface area contributed by atoms with Gasteiger partial charge in [0, 0.05) is 48.7 Å². The Morgan fingerprint density at radius 3 is 2.93 bits per heavy atom. The van der Waals surface area contributed by atoms with E-state index in [-0.39, 0.29) is 17.7 Å². The van der Waals surface area contributed by atoms with E-state index < -0.39 is 5.91 Å². The van der Waals surface area contributed by atoms with Crippen LogP contribution in [0.4, 0.5) is 17.5 Å². The van der Waals surface area contributed by atoms with E-state index in [0.717, 1.165) is 16.6 Å². The number of benzene rings is 1. The number of nitrogens with two attached hydrogens (primary N) is 2. The molecular formula is C18H23N7O2. The Kier molecular flexibility index (Phi) is 5.53. The molecule has 0 saturated carbocycles. The summed E-state index contributed by atoms with van der Waals surface area (Å²) < 4.78 is 5.20. The quantitative estimate of drug-likeness (QED) is 0.405. The lowest BCUT2D eigenvalue weighted by molar-refractivity contribution is 0.0989. The van der Waals surface area contributed by atoms with Crippen molar-refractivity contribution in [2.24, 2.45) is 11.5 Å². The van der Waals surface area contributed by atoms with E-state index in [9.17, 15) is 4.79 Å². The highest BCUT2D eigenvalue weighted by atomic mass is 16.5. The number of ether oxygens (including phenoxy) is 1. The fraction of sp³-hybridized carbons (Fsp3) is 0.278. The molecule has 0 spiro atoms. The highest BCUT2D eigenvalue weighted by Gasteiger charge is 2.16. The zero-order valence-electron chi connectivity index (χ0n) is 15.2. The number of nitrogens with zero attached hydrogens (tertiary/aromatic N) is 2. The van der Waals surface area contributed by atoms with Crippen LogP contribution in [0.25, 0.3) is 10.9 Å². The van der Waals surface area contributed by atoms with Crippen molar-refractivity contribution >= 4 is 34.3 Å². The van der Waals surface area contributed by atoms with Gasteiger partial charge in [-0.25, -0.2) is 4.98 Å². The van der Waals surface area contributed by atoms with Gasteiger partial charge in [0.1, 0.15) is 11.4 Å². The number of methoxy groups -OCH3 is 1. The van der Waals surface area contributed by atoms with Gasteiger partial charge in [-0.15, -0.1) is 0 Å². The lowest BCUT2D eigenvalue weighted by Gasteiger charge is -2.19. The number of rotatable bonds is 8. The first-order valence-corrected chi connectivity index (χ1v) is 8.51. The van der Waals surface area contributed by atoms with Crippen LogP contribution in [0.15, 0.2) is 36.7 Å². The summed E-state index contributed by atoms with van der Waals surface area (Å²) in [6.45, 7) is 2.30. The first kappa shape index (κ1) is 18.6. The van der Waals surface area contributed by atoms with E-state index in [1.807, 2.05) is 37.4 Å². The second-order valence-corrected chi connectivity index (χ2v) is 6.18. The van der Waals surface area contributed by atoms with Crippen LogP contribution in [0.2, 0.25) is 0 Å². The van der Waals surface area contributed by atoms with Crippen molar-refractivity contribution in [3.8, 4) is 0 Å². The third kappa shape index (κ3) is 4.15. The molecule has 1 amide bonds. The van der Waals surface area contributed by atoms with Gasteiger partial charge in [-0.2, -0.15) is 4.98 Å². The summed E-state index contributed by atoms with van der Waals surface area (Å²) in [4.78, 5) is 23.5. The summed E-state index contributed by atoms with van der Waals surface area (Å²) in [5.41, 5.74) is 13.5. The minimum absolute atomic E-state index is 0.119. The smallest absolute Gasteiger partial charge is 0.254 e. The molecule has 9 heteroatoms. The molecule has 1 aromatic carbocycles. The van der Waals surface area contributed by atoms with Crippen molar-refractivity contribution < 1.29 is 9.53 Å². The molecule has 0 aliphatic heterocycles. The van der Waals surface area contributed by atoms with E-state index in [4.69, 9.17) is 16.2 Å². The van der Waals surface area contributed by atoms with Crippen molar-refractivity contribution in [2.75, 3.05) is 24.3 Å². The minimum atomic E-state index is -0.616. The number of nitrogens with one attached hydrogen (secondary N) is 3. The zero-order chi connectivity index (χ0) is 19.4. The average Bonchev–Trinajstić information content (AvgIpc) is 3.15. The third-order valence-corrected chi connectivity index (χ3v) is 4.37. The maximum Gasteiger partial charge on any atom is 0.254 e. The first-order valence-electron chi connectivity index (χ1n) is 8.51. The van der Waals surface area contributed by atoms with Crippen LogP contribution in [0.3, 0.4) is 0 Å². The predicted molar refractivity (Wildman–Crippen MR) is 105 cm³/mol. The fourth-order valence-electron chi connectivity index (χ4n) is 2.61. The molecule has 0 aliphatic rings. The molecule has 27 heavy (non-hydrogen) atoms. The number of hydrogen-bond acceptors (Lipinski definition) is 7. The van der Waals surface area contributed by atoms with Crippen LogP contribution in [0.5, 0.6) is 0 Å². The van der Waals surface area contributed by atoms with Gasteiger partial charge in [-0.3, -0.25) is 4.79 Å². The fourth-order valence-corrected chi connectivity index (χ4v) is 2.61. The van der Waals surface area contributed by atoms with Crippen molar-refractivity contribution in [3.05, 3.63) is 42.2 Å². The molecule has 7 N–H and O–H groups in total. The largest absolute Gasteiger partial charge is 0.380 e. The molecule has 0 unspecified atom stereocenters. The number of hydrogen-bond donors (Lipinski definition) is 5. The molecule has 0 saturated heterocycles. The highest BCUT2D eigenvalue weighted by Crippen LogP contribution is 2.26. The number of aromatic nitrogens is 3. The van der Waals surface area contributed by atoms with Crippen molar-refractivity contribution in [3.63, 3.8) is 0 Å². The second-order valence-electron chi connectivity index (χ2n) is 6.18. The monoisotopic (exact) mass is 369 g/mol. The van der Waals surface area contributed by atoms with Gasteiger partial charge in [0.05, 0.1) is 6.10 Å². The lowest BCUT2D eigenvalue weighted by atomic mass is 10.2. The Hall–Kier alpha value is -3.17. The predicted octanol–water partition coefficient (Wildman–Crippen LogP) is 1.57. The van der Waals surface area contributed by atoms with E-state index in [1.165, 1.54) is 6.20 Å². The normalized spacial score (nSPS) is 13.3. The molecule has 2 heterocycles. The topological polar surface area (TPSA) is 144 Å². The van der Waals surface area contributed by atoms with Gasteiger partial charge in [0.2, 0.25) is 5.95 Å². The van der Waals surface area contributed by atoms with E-state index in [2.05, 4.69) is 25.6 Å². The lowest BCUT2D eigenvalue weighted by Crippen LogP contribution is -2.40. The van der Waals surface area contributed by atoms with E-state index >= 15 is 0 Å². The number of fused-ring (bicyclic) bond motifs is 1. The minimum Gasteiger partial charge on any atom is -0.380 e. The molecule has 142 valence electrons. The first-order chi connectivity index (χ1) is 13.0. The van der Waals surface area contributed by atoms with E-state index in [1.54, 1.807) is 7.11 Å². The summed E-state index contributed by atoms with van der Waals surface area (Å²) in [6, 6.07) is 7.45. The summed E-state index contributed by atoms with van der Waals surface area (Å²) in [5, 5.41) is 7.21. The van der Waals surface area contributed by atoms with Crippen LogP contribution in [0, 0.1) is 0 Å². The van der Waals surface area contributed by atoms with Crippen LogP contribution < -0.4 is 22.1 Å². The van der Waals surface area contributed by atoms with Gasteiger partial charge < -0.3 is 31.8 Å². The van der Waals surface area contributed by atoms with Crippen LogP contribution >= 0.6 is 0 Å². The maximum atomic E-state index is 11.8. The number of carbonyl (C=O) groups excluding carboxylic acids is 1. The van der Waals surface area contributed by atoms with E-state index in [0.29, 0.717) is 18.3 Å². The highest BCUT2D eigenvalue weighted by molar-refractivity contribution is 6.00. The van der Waals surface area contributed by atoms with Gasteiger partial charge in [-0.1, -0.05) is 6.07 Å². The molecule has 2 aromatic heterocycles. The summed E-state index contributed by atoms with van der Waals surface area (Å²) in [7, 11) is 1.60. The molecule has 0 bridgehead atoms. The Morgan fingerprint density at radius 1 is 1.37 bits per heavy atom. The number of H-pyrrole nitrogens is 1.